The molecule has 0 aromatic heterocycles. The van der Waals surface area contributed by atoms with E-state index in [1.54, 1.807) is 0 Å². The van der Waals surface area contributed by atoms with Crippen LogP contribution in [0.25, 0.3) is 0 Å². The number of rotatable bonds is 2. The van der Waals surface area contributed by atoms with Gasteiger partial charge >= 0.3 is 0 Å². The Morgan fingerprint density at radius 1 is 1.35 bits per heavy atom. The second-order valence-electron chi connectivity index (χ2n) is 5.37. The van der Waals surface area contributed by atoms with Gasteiger partial charge in [-0.3, -0.25) is 20.2 Å². The van der Waals surface area contributed by atoms with Crippen LogP contribution in [0.15, 0.2) is 18.2 Å². The number of nitro groups is 1. The highest BCUT2D eigenvalue weighted by Gasteiger charge is 2.19. The normalized spacial score (nSPS) is 10.8. The lowest BCUT2D eigenvalue weighted by Gasteiger charge is -2.22. The zero-order valence-electron chi connectivity index (χ0n) is 11.8. The van der Waals surface area contributed by atoms with E-state index in [-0.39, 0.29) is 21.9 Å². The number of nitrogens with zero attached hydrogens (tertiary/aromatic N) is 1. The van der Waals surface area contributed by atoms with E-state index in [1.807, 2.05) is 20.8 Å². The van der Waals surface area contributed by atoms with Crippen LogP contribution in [0.5, 0.6) is 0 Å². The molecule has 1 amide bonds. The van der Waals surface area contributed by atoms with Crippen molar-refractivity contribution in [1.29, 1.82) is 0 Å². The molecule has 0 bridgehead atoms. The first-order valence-electron chi connectivity index (χ1n) is 5.99. The first-order chi connectivity index (χ1) is 9.11. The molecule has 2 N–H and O–H groups in total. The number of nitrogens with one attached hydrogen (secondary N) is 2. The van der Waals surface area contributed by atoms with Crippen molar-refractivity contribution in [1.82, 2.24) is 10.6 Å². The summed E-state index contributed by atoms with van der Waals surface area (Å²) in [5.41, 5.74) is 0.181. The van der Waals surface area contributed by atoms with Gasteiger partial charge in [0, 0.05) is 22.7 Å². The summed E-state index contributed by atoms with van der Waals surface area (Å²) in [5.74, 6) is -0.465. The van der Waals surface area contributed by atoms with E-state index in [0.29, 0.717) is 5.56 Å². The topological polar surface area (TPSA) is 84.3 Å². The third kappa shape index (κ3) is 4.27. The van der Waals surface area contributed by atoms with Gasteiger partial charge in [0.25, 0.3) is 11.6 Å². The van der Waals surface area contributed by atoms with Crippen LogP contribution in [0.1, 0.15) is 36.7 Å². The Bertz CT molecular complexity index is 564. The van der Waals surface area contributed by atoms with Crippen molar-refractivity contribution in [3.63, 3.8) is 0 Å². The van der Waals surface area contributed by atoms with Gasteiger partial charge in [-0.25, -0.2) is 0 Å². The summed E-state index contributed by atoms with van der Waals surface area (Å²) in [5, 5.41) is 16.5. The summed E-state index contributed by atoms with van der Waals surface area (Å²) in [4.78, 5) is 22.4. The quantitative estimate of drug-likeness (QED) is 0.497. The first kappa shape index (κ1) is 16.0. The number of nitro benzene ring substituents is 1. The molecule has 1 aromatic carbocycles. The van der Waals surface area contributed by atoms with Crippen molar-refractivity contribution < 1.29 is 9.72 Å². The number of carbonyl (C=O) groups excluding carboxylic acids is 1. The minimum Gasteiger partial charge on any atom is -0.358 e. The average Bonchev–Trinajstić information content (AvgIpc) is 2.25. The van der Waals surface area contributed by atoms with Gasteiger partial charge in [0.1, 0.15) is 0 Å². The molecular formula is C13H17N3O3S. The SMILES string of the molecule is Cc1c(C(=O)NC(=S)NC(C)(C)C)cccc1[N+](=O)[O-]. The Labute approximate surface area is 122 Å². The van der Waals surface area contributed by atoms with Crippen molar-refractivity contribution in [3.8, 4) is 0 Å². The number of carbonyl (C=O) groups is 1. The van der Waals surface area contributed by atoms with E-state index in [0.717, 1.165) is 0 Å². The Hall–Kier alpha value is -2.02. The molecule has 0 aliphatic carbocycles. The molecule has 0 radical (unpaired) electrons. The van der Waals surface area contributed by atoms with E-state index in [2.05, 4.69) is 10.6 Å². The Morgan fingerprint density at radius 2 is 1.95 bits per heavy atom. The molecule has 0 atom stereocenters. The van der Waals surface area contributed by atoms with Gasteiger partial charge in [0.2, 0.25) is 0 Å². The van der Waals surface area contributed by atoms with E-state index in [9.17, 15) is 14.9 Å². The second kappa shape index (κ2) is 5.96. The molecule has 0 aliphatic heterocycles. The molecule has 0 saturated carbocycles. The average molecular weight is 295 g/mol. The highest BCUT2D eigenvalue weighted by atomic mass is 32.1. The molecule has 1 aromatic rings. The number of thiocarbonyl (C=S) groups is 1. The van der Waals surface area contributed by atoms with Gasteiger partial charge in [-0.2, -0.15) is 0 Å². The summed E-state index contributed by atoms with van der Waals surface area (Å²) < 4.78 is 0. The minimum absolute atomic E-state index is 0.0904. The molecule has 6 nitrogen and oxygen atoms in total. The van der Waals surface area contributed by atoms with Gasteiger partial charge in [0.05, 0.1) is 4.92 Å². The Balaban J connectivity index is 2.91. The fourth-order valence-electron chi connectivity index (χ4n) is 1.61. The van der Waals surface area contributed by atoms with Gasteiger partial charge in [0.15, 0.2) is 5.11 Å². The Morgan fingerprint density at radius 3 is 2.45 bits per heavy atom. The standard InChI is InChI=1S/C13H17N3O3S/c1-8-9(6-5-7-10(8)16(18)19)11(17)14-12(20)15-13(2,3)4/h5-7H,1-4H3,(H2,14,15,17,20). The molecule has 0 unspecified atom stereocenters. The number of benzene rings is 1. The fourth-order valence-corrected chi connectivity index (χ4v) is 2.01. The molecule has 0 spiro atoms. The molecule has 0 saturated heterocycles. The number of hydrogen-bond acceptors (Lipinski definition) is 4. The second-order valence-corrected chi connectivity index (χ2v) is 5.77. The van der Waals surface area contributed by atoms with Gasteiger partial charge in [-0.05, 0) is 46.0 Å². The van der Waals surface area contributed by atoms with Crippen LogP contribution in [-0.4, -0.2) is 21.5 Å². The predicted octanol–water partition coefficient (Wildman–Crippen LogP) is 2.31. The van der Waals surface area contributed by atoms with Crippen LogP contribution in [0, 0.1) is 17.0 Å². The van der Waals surface area contributed by atoms with Crippen molar-refractivity contribution in [2.75, 3.05) is 0 Å². The molecule has 20 heavy (non-hydrogen) atoms. The van der Waals surface area contributed by atoms with Crippen LogP contribution >= 0.6 is 12.2 Å². The van der Waals surface area contributed by atoms with Crippen LogP contribution in [-0.2, 0) is 0 Å². The van der Waals surface area contributed by atoms with Crippen molar-refractivity contribution in [2.24, 2.45) is 0 Å². The van der Waals surface area contributed by atoms with Crippen LogP contribution < -0.4 is 10.6 Å². The maximum Gasteiger partial charge on any atom is 0.273 e. The van der Waals surface area contributed by atoms with E-state index in [1.165, 1.54) is 25.1 Å². The Kier molecular flexibility index (Phi) is 4.78. The summed E-state index contributed by atoms with van der Waals surface area (Å²) in [7, 11) is 0. The smallest absolute Gasteiger partial charge is 0.273 e. The minimum atomic E-state index is -0.516. The van der Waals surface area contributed by atoms with Crippen molar-refractivity contribution in [3.05, 3.63) is 39.4 Å². The van der Waals surface area contributed by atoms with E-state index >= 15 is 0 Å². The molecule has 108 valence electrons. The summed E-state index contributed by atoms with van der Waals surface area (Å²) in [6.45, 7) is 7.26. The van der Waals surface area contributed by atoms with Crippen molar-refractivity contribution in [2.45, 2.75) is 33.2 Å². The third-order valence-electron chi connectivity index (χ3n) is 2.46. The van der Waals surface area contributed by atoms with Gasteiger partial charge < -0.3 is 5.32 Å². The summed E-state index contributed by atoms with van der Waals surface area (Å²) in [6.07, 6.45) is 0. The zero-order chi connectivity index (χ0) is 15.5. The maximum absolute atomic E-state index is 12.1. The lowest BCUT2D eigenvalue weighted by Crippen LogP contribution is -2.48. The third-order valence-corrected chi connectivity index (χ3v) is 2.67. The summed E-state index contributed by atoms with van der Waals surface area (Å²) >= 11 is 5.03. The van der Waals surface area contributed by atoms with E-state index < -0.39 is 10.8 Å². The fraction of sp³-hybridized carbons (Fsp3) is 0.385. The van der Waals surface area contributed by atoms with Gasteiger partial charge in [-0.1, -0.05) is 6.07 Å². The highest BCUT2D eigenvalue weighted by molar-refractivity contribution is 7.80. The monoisotopic (exact) mass is 295 g/mol. The molecule has 7 heteroatoms. The lowest BCUT2D eigenvalue weighted by molar-refractivity contribution is -0.385. The first-order valence-corrected chi connectivity index (χ1v) is 6.40. The van der Waals surface area contributed by atoms with E-state index in [4.69, 9.17) is 12.2 Å². The van der Waals surface area contributed by atoms with Crippen LogP contribution in [0.2, 0.25) is 0 Å². The molecular weight excluding hydrogens is 278 g/mol. The molecule has 0 fully saturated rings. The zero-order valence-corrected chi connectivity index (χ0v) is 12.6. The molecule has 0 heterocycles. The lowest BCUT2D eigenvalue weighted by atomic mass is 10.1. The maximum atomic E-state index is 12.1. The molecule has 0 aliphatic rings. The number of amides is 1. The summed E-state index contributed by atoms with van der Waals surface area (Å²) in [6, 6.07) is 4.36. The molecule has 1 rings (SSSR count). The van der Waals surface area contributed by atoms with Gasteiger partial charge in [-0.15, -0.1) is 0 Å². The van der Waals surface area contributed by atoms with Crippen molar-refractivity contribution >= 4 is 28.9 Å². The highest BCUT2D eigenvalue weighted by Crippen LogP contribution is 2.20. The van der Waals surface area contributed by atoms with Crippen LogP contribution in [0.3, 0.4) is 0 Å². The largest absolute Gasteiger partial charge is 0.358 e. The van der Waals surface area contributed by atoms with Crippen LogP contribution in [0.4, 0.5) is 5.69 Å². The predicted molar refractivity (Wildman–Crippen MR) is 80.8 cm³/mol. The number of hydrogen-bond donors (Lipinski definition) is 2.